The highest BCUT2D eigenvalue weighted by molar-refractivity contribution is 5.94. The standard InChI is InChI=1S/C19H25N3O2/c1-12(13-6-7-13)22(15-8-9-15)19(24)20-11-14-10-18(23)21-17-5-3-2-4-16(14)17/h2-5,12-15H,6-11H2,1H3,(H,20,24)(H,21,23)/t12-,14+/m0/s1. The Bertz CT molecular complexity index is 652. The summed E-state index contributed by atoms with van der Waals surface area (Å²) in [5, 5.41) is 6.01. The van der Waals surface area contributed by atoms with E-state index in [2.05, 4.69) is 22.5 Å². The summed E-state index contributed by atoms with van der Waals surface area (Å²) < 4.78 is 0. The molecule has 0 spiro atoms. The smallest absolute Gasteiger partial charge is 0.317 e. The van der Waals surface area contributed by atoms with Crippen LogP contribution in [-0.4, -0.2) is 35.5 Å². The zero-order valence-electron chi connectivity index (χ0n) is 14.1. The lowest BCUT2D eigenvalue weighted by Gasteiger charge is -2.31. The second-order valence-electron chi connectivity index (χ2n) is 7.44. The Labute approximate surface area is 142 Å². The van der Waals surface area contributed by atoms with Gasteiger partial charge in [0.25, 0.3) is 0 Å². The minimum absolute atomic E-state index is 0.0262. The number of anilines is 1. The first-order valence-electron chi connectivity index (χ1n) is 9.08. The number of hydrogen-bond acceptors (Lipinski definition) is 2. The molecule has 5 nitrogen and oxygen atoms in total. The molecule has 0 bridgehead atoms. The summed E-state index contributed by atoms with van der Waals surface area (Å²) in [6, 6.07) is 8.66. The van der Waals surface area contributed by atoms with Gasteiger partial charge in [0, 0.05) is 36.7 Å². The molecule has 0 unspecified atom stereocenters. The van der Waals surface area contributed by atoms with Crippen molar-refractivity contribution in [3.05, 3.63) is 29.8 Å². The van der Waals surface area contributed by atoms with Gasteiger partial charge in [0.05, 0.1) is 0 Å². The molecule has 3 aliphatic rings. The molecule has 2 fully saturated rings. The fourth-order valence-corrected chi connectivity index (χ4v) is 3.83. The van der Waals surface area contributed by atoms with Gasteiger partial charge in [-0.15, -0.1) is 0 Å². The normalized spacial score (nSPS) is 23.9. The number of nitrogens with zero attached hydrogens (tertiary/aromatic N) is 1. The highest BCUT2D eigenvalue weighted by atomic mass is 16.2. The summed E-state index contributed by atoms with van der Waals surface area (Å²) in [5.74, 6) is 0.757. The zero-order valence-corrected chi connectivity index (χ0v) is 14.1. The van der Waals surface area contributed by atoms with Crippen molar-refractivity contribution in [3.8, 4) is 0 Å². The maximum atomic E-state index is 12.7. The lowest BCUT2D eigenvalue weighted by molar-refractivity contribution is -0.116. The number of rotatable bonds is 5. The van der Waals surface area contributed by atoms with Crippen LogP contribution in [0.3, 0.4) is 0 Å². The molecule has 1 heterocycles. The van der Waals surface area contributed by atoms with Gasteiger partial charge < -0.3 is 15.5 Å². The first-order chi connectivity index (χ1) is 11.6. The number of para-hydroxylation sites is 1. The van der Waals surface area contributed by atoms with Crippen molar-refractivity contribution in [2.45, 2.75) is 57.0 Å². The number of amides is 3. The molecular weight excluding hydrogens is 302 g/mol. The predicted octanol–water partition coefficient (Wildman–Crippen LogP) is 3.08. The molecule has 2 aliphatic carbocycles. The first-order valence-corrected chi connectivity index (χ1v) is 9.08. The Morgan fingerprint density at radius 1 is 1.29 bits per heavy atom. The van der Waals surface area contributed by atoms with Crippen LogP contribution < -0.4 is 10.6 Å². The third kappa shape index (κ3) is 3.12. The molecule has 128 valence electrons. The van der Waals surface area contributed by atoms with Gasteiger partial charge in [-0.1, -0.05) is 18.2 Å². The van der Waals surface area contributed by atoms with Crippen LogP contribution in [0, 0.1) is 5.92 Å². The summed E-state index contributed by atoms with van der Waals surface area (Å²) in [6.45, 7) is 2.70. The number of carbonyl (C=O) groups is 2. The fraction of sp³-hybridized carbons (Fsp3) is 0.579. The lowest BCUT2D eigenvalue weighted by Crippen LogP contribution is -2.48. The molecule has 1 aromatic rings. The minimum atomic E-state index is 0.0262. The highest BCUT2D eigenvalue weighted by Crippen LogP contribution is 2.39. The third-order valence-electron chi connectivity index (χ3n) is 5.52. The molecule has 1 aliphatic heterocycles. The van der Waals surface area contributed by atoms with Gasteiger partial charge in [-0.3, -0.25) is 4.79 Å². The van der Waals surface area contributed by atoms with Gasteiger partial charge in [-0.2, -0.15) is 0 Å². The van der Waals surface area contributed by atoms with Crippen molar-refractivity contribution in [3.63, 3.8) is 0 Å². The van der Waals surface area contributed by atoms with Gasteiger partial charge >= 0.3 is 6.03 Å². The average molecular weight is 327 g/mol. The Morgan fingerprint density at radius 3 is 2.75 bits per heavy atom. The summed E-state index contributed by atoms with van der Waals surface area (Å²) >= 11 is 0. The number of urea groups is 1. The van der Waals surface area contributed by atoms with E-state index in [1.807, 2.05) is 24.3 Å². The molecule has 0 aromatic heterocycles. The topological polar surface area (TPSA) is 61.4 Å². The number of hydrogen-bond donors (Lipinski definition) is 2. The summed E-state index contributed by atoms with van der Waals surface area (Å²) in [6.07, 6.45) is 5.17. The maximum Gasteiger partial charge on any atom is 0.317 e. The minimum Gasteiger partial charge on any atom is -0.337 e. The van der Waals surface area contributed by atoms with E-state index in [1.165, 1.54) is 12.8 Å². The van der Waals surface area contributed by atoms with Crippen LogP contribution in [0.1, 0.15) is 50.5 Å². The van der Waals surface area contributed by atoms with Gasteiger partial charge in [-0.05, 0) is 50.2 Å². The fourth-order valence-electron chi connectivity index (χ4n) is 3.83. The van der Waals surface area contributed by atoms with Crippen molar-refractivity contribution < 1.29 is 9.59 Å². The van der Waals surface area contributed by atoms with E-state index in [0.29, 0.717) is 31.0 Å². The molecule has 1 aromatic carbocycles. The van der Waals surface area contributed by atoms with Crippen molar-refractivity contribution in [1.29, 1.82) is 0 Å². The maximum absolute atomic E-state index is 12.7. The summed E-state index contributed by atoms with van der Waals surface area (Å²) in [5.41, 5.74) is 1.99. The number of carbonyl (C=O) groups excluding carboxylic acids is 2. The Hall–Kier alpha value is -2.04. The summed E-state index contributed by atoms with van der Waals surface area (Å²) in [7, 11) is 0. The highest BCUT2D eigenvalue weighted by Gasteiger charge is 2.41. The van der Waals surface area contributed by atoms with Crippen LogP contribution in [0.25, 0.3) is 0 Å². The first kappa shape index (κ1) is 15.5. The zero-order chi connectivity index (χ0) is 16.7. The van der Waals surface area contributed by atoms with Crippen molar-refractivity contribution in [2.75, 3.05) is 11.9 Å². The Balaban J connectivity index is 1.42. The van der Waals surface area contributed by atoms with Crippen LogP contribution >= 0.6 is 0 Å². The number of nitrogens with one attached hydrogen (secondary N) is 2. The number of benzene rings is 1. The van der Waals surface area contributed by atoms with Gasteiger partial charge in [0.1, 0.15) is 0 Å². The Morgan fingerprint density at radius 2 is 2.04 bits per heavy atom. The second-order valence-corrected chi connectivity index (χ2v) is 7.44. The molecule has 0 saturated heterocycles. The van der Waals surface area contributed by atoms with Crippen LogP contribution in [0.2, 0.25) is 0 Å². The van der Waals surface area contributed by atoms with Crippen LogP contribution in [0.5, 0.6) is 0 Å². The quantitative estimate of drug-likeness (QED) is 0.873. The molecular formula is C19H25N3O2. The SMILES string of the molecule is C[C@@H](C1CC1)N(C(=O)NC[C@H]1CC(=O)Nc2ccccc21)C1CC1. The number of fused-ring (bicyclic) bond motifs is 1. The predicted molar refractivity (Wildman–Crippen MR) is 92.9 cm³/mol. The molecule has 24 heavy (non-hydrogen) atoms. The molecule has 0 radical (unpaired) electrons. The second kappa shape index (κ2) is 6.11. The van der Waals surface area contributed by atoms with E-state index in [-0.39, 0.29) is 17.9 Å². The van der Waals surface area contributed by atoms with Crippen LogP contribution in [0.15, 0.2) is 24.3 Å². The van der Waals surface area contributed by atoms with E-state index >= 15 is 0 Å². The van der Waals surface area contributed by atoms with Crippen LogP contribution in [0.4, 0.5) is 10.5 Å². The van der Waals surface area contributed by atoms with Crippen molar-refractivity contribution in [1.82, 2.24) is 10.2 Å². The summed E-state index contributed by atoms with van der Waals surface area (Å²) in [4.78, 5) is 26.7. The van der Waals surface area contributed by atoms with Crippen LogP contribution in [-0.2, 0) is 4.79 Å². The van der Waals surface area contributed by atoms with Crippen molar-refractivity contribution in [2.24, 2.45) is 5.92 Å². The van der Waals surface area contributed by atoms with Crippen molar-refractivity contribution >= 4 is 17.6 Å². The van der Waals surface area contributed by atoms with E-state index in [1.54, 1.807) is 0 Å². The molecule has 2 saturated carbocycles. The van der Waals surface area contributed by atoms with Gasteiger partial charge in [0.15, 0.2) is 0 Å². The lowest BCUT2D eigenvalue weighted by atomic mass is 9.90. The molecule has 4 rings (SSSR count). The van der Waals surface area contributed by atoms with Gasteiger partial charge in [0.2, 0.25) is 5.91 Å². The molecule has 2 N–H and O–H groups in total. The van der Waals surface area contributed by atoms with E-state index in [0.717, 1.165) is 24.1 Å². The monoisotopic (exact) mass is 327 g/mol. The third-order valence-corrected chi connectivity index (χ3v) is 5.52. The van der Waals surface area contributed by atoms with E-state index < -0.39 is 0 Å². The molecule has 2 atom stereocenters. The van der Waals surface area contributed by atoms with E-state index in [9.17, 15) is 9.59 Å². The van der Waals surface area contributed by atoms with Gasteiger partial charge in [-0.25, -0.2) is 4.79 Å². The molecule has 5 heteroatoms. The largest absolute Gasteiger partial charge is 0.337 e. The molecule has 3 amide bonds. The van der Waals surface area contributed by atoms with E-state index in [4.69, 9.17) is 0 Å². The average Bonchev–Trinajstić information content (AvgIpc) is 3.45. The Kier molecular flexibility index (Phi) is 3.94.